The maximum absolute atomic E-state index is 12.9. The van der Waals surface area contributed by atoms with Crippen molar-refractivity contribution in [2.45, 2.75) is 0 Å². The van der Waals surface area contributed by atoms with Gasteiger partial charge < -0.3 is 4.18 Å². The highest BCUT2D eigenvalue weighted by Gasteiger charge is 2.11. The predicted molar refractivity (Wildman–Crippen MR) is 46.3 cm³/mol. The fourth-order valence-corrected chi connectivity index (χ4v) is 1.35. The minimum Gasteiger partial charge on any atom is -0.359 e. The lowest BCUT2D eigenvalue weighted by molar-refractivity contribution is 0.376. The molecule has 72 valence electrons. The molecule has 4 nitrogen and oxygen atoms in total. The lowest BCUT2D eigenvalue weighted by Crippen LogP contribution is -2.07. The summed E-state index contributed by atoms with van der Waals surface area (Å²) in [6.45, 7) is 0. The molecule has 0 aliphatic heterocycles. The largest absolute Gasteiger partial charge is 0.446 e. The molecule has 1 aromatic carbocycles. The Bertz CT molecular complexity index is 417. The Morgan fingerprint density at radius 3 is 2.54 bits per heavy atom. The van der Waals surface area contributed by atoms with E-state index in [4.69, 9.17) is 4.55 Å². The second kappa shape index (κ2) is 3.60. The van der Waals surface area contributed by atoms with Crippen LogP contribution in [0.1, 0.15) is 0 Å². The summed E-state index contributed by atoms with van der Waals surface area (Å²) >= 11 is 2.97. The topological polar surface area (TPSA) is 63.6 Å². The first kappa shape index (κ1) is 10.4. The fraction of sp³-hybridized carbons (Fsp3) is 0. The highest BCUT2D eigenvalue weighted by Crippen LogP contribution is 2.22. The van der Waals surface area contributed by atoms with E-state index in [-0.39, 0.29) is 0 Å². The van der Waals surface area contributed by atoms with E-state index in [1.54, 1.807) is 0 Å². The van der Waals surface area contributed by atoms with Gasteiger partial charge in [0.2, 0.25) is 0 Å². The Kier molecular flexibility index (Phi) is 2.89. The van der Waals surface area contributed by atoms with Gasteiger partial charge in [0.1, 0.15) is 0 Å². The fourth-order valence-electron chi connectivity index (χ4n) is 0.656. The average molecular weight is 271 g/mol. The number of rotatable bonds is 2. The minimum absolute atomic E-state index is 0.438. The van der Waals surface area contributed by atoms with Gasteiger partial charge in [-0.2, -0.15) is 8.42 Å². The maximum Gasteiger partial charge on any atom is 0.446 e. The summed E-state index contributed by atoms with van der Waals surface area (Å²) in [6, 6.07) is 3.47. The van der Waals surface area contributed by atoms with Crippen LogP contribution in [-0.2, 0) is 10.4 Å². The first-order valence-electron chi connectivity index (χ1n) is 3.00. The predicted octanol–water partition coefficient (Wildman–Crippen LogP) is 1.77. The summed E-state index contributed by atoms with van der Waals surface area (Å²) in [7, 11) is -4.67. The number of benzene rings is 1. The van der Waals surface area contributed by atoms with Crippen molar-refractivity contribution in [2.75, 3.05) is 0 Å². The molecule has 0 spiro atoms. The SMILES string of the molecule is O=S(=O)(O)Oc1ccc(Br)cc1F. The van der Waals surface area contributed by atoms with E-state index in [1.807, 2.05) is 0 Å². The van der Waals surface area contributed by atoms with Crippen molar-refractivity contribution < 1.29 is 21.5 Å². The Balaban J connectivity index is 3.04. The van der Waals surface area contributed by atoms with Crippen molar-refractivity contribution in [3.05, 3.63) is 28.5 Å². The number of halogens is 2. The van der Waals surface area contributed by atoms with Gasteiger partial charge in [0.05, 0.1) is 0 Å². The molecule has 0 heterocycles. The summed E-state index contributed by atoms with van der Waals surface area (Å²) in [5.74, 6) is -1.43. The zero-order chi connectivity index (χ0) is 10.1. The Morgan fingerprint density at radius 2 is 2.08 bits per heavy atom. The first-order chi connectivity index (χ1) is 5.88. The van der Waals surface area contributed by atoms with E-state index in [2.05, 4.69) is 20.1 Å². The van der Waals surface area contributed by atoms with E-state index >= 15 is 0 Å². The highest BCUT2D eigenvalue weighted by molar-refractivity contribution is 9.10. The molecule has 13 heavy (non-hydrogen) atoms. The molecular formula is C6H4BrFO4S. The van der Waals surface area contributed by atoms with Crippen LogP contribution >= 0.6 is 15.9 Å². The van der Waals surface area contributed by atoms with Crippen molar-refractivity contribution in [3.63, 3.8) is 0 Å². The molecule has 0 aliphatic carbocycles. The normalized spacial score (nSPS) is 11.3. The summed E-state index contributed by atoms with van der Waals surface area (Å²) in [5.41, 5.74) is 0. The maximum atomic E-state index is 12.9. The lowest BCUT2D eigenvalue weighted by Gasteiger charge is -2.02. The Labute approximate surface area is 82.4 Å². The van der Waals surface area contributed by atoms with Crippen LogP contribution in [0.15, 0.2) is 22.7 Å². The van der Waals surface area contributed by atoms with Crippen molar-refractivity contribution >= 4 is 26.3 Å². The molecule has 0 aromatic heterocycles. The average Bonchev–Trinajstić information content (AvgIpc) is 1.93. The molecule has 0 radical (unpaired) electrons. The van der Waals surface area contributed by atoms with Gasteiger partial charge in [-0.3, -0.25) is 4.55 Å². The lowest BCUT2D eigenvalue weighted by atomic mass is 10.3. The third kappa shape index (κ3) is 3.29. The van der Waals surface area contributed by atoms with Gasteiger partial charge in [-0.25, -0.2) is 4.39 Å². The van der Waals surface area contributed by atoms with Crippen LogP contribution < -0.4 is 4.18 Å². The zero-order valence-corrected chi connectivity index (χ0v) is 8.47. The van der Waals surface area contributed by atoms with Crippen LogP contribution in [0.2, 0.25) is 0 Å². The van der Waals surface area contributed by atoms with Gasteiger partial charge in [0.15, 0.2) is 11.6 Å². The quantitative estimate of drug-likeness (QED) is 0.832. The van der Waals surface area contributed by atoms with E-state index < -0.39 is 22.0 Å². The summed E-state index contributed by atoms with van der Waals surface area (Å²) < 4.78 is 45.8. The molecule has 0 fully saturated rings. The van der Waals surface area contributed by atoms with Crippen LogP contribution in [0.3, 0.4) is 0 Å². The van der Waals surface area contributed by atoms with Crippen molar-refractivity contribution in [1.29, 1.82) is 0 Å². The van der Waals surface area contributed by atoms with E-state index in [0.717, 1.165) is 12.1 Å². The van der Waals surface area contributed by atoms with Gasteiger partial charge in [-0.1, -0.05) is 15.9 Å². The molecular weight excluding hydrogens is 267 g/mol. The van der Waals surface area contributed by atoms with E-state index in [9.17, 15) is 12.8 Å². The van der Waals surface area contributed by atoms with Crippen LogP contribution in [0.25, 0.3) is 0 Å². The number of hydrogen-bond acceptors (Lipinski definition) is 3. The Morgan fingerprint density at radius 1 is 1.46 bits per heavy atom. The smallest absolute Gasteiger partial charge is 0.359 e. The van der Waals surface area contributed by atoms with Gasteiger partial charge in [0, 0.05) is 4.47 Å². The molecule has 1 aromatic rings. The van der Waals surface area contributed by atoms with Gasteiger partial charge in [-0.15, -0.1) is 0 Å². The van der Waals surface area contributed by atoms with Crippen LogP contribution in [0.4, 0.5) is 4.39 Å². The molecule has 0 aliphatic rings. The molecule has 0 bridgehead atoms. The van der Waals surface area contributed by atoms with Crippen molar-refractivity contribution in [3.8, 4) is 5.75 Å². The third-order valence-corrected chi connectivity index (χ3v) is 1.97. The summed E-state index contributed by atoms with van der Waals surface area (Å²) in [6.07, 6.45) is 0. The van der Waals surface area contributed by atoms with Gasteiger partial charge in [-0.05, 0) is 18.2 Å². The molecule has 0 unspecified atom stereocenters. The van der Waals surface area contributed by atoms with Crippen molar-refractivity contribution in [1.82, 2.24) is 0 Å². The van der Waals surface area contributed by atoms with Crippen LogP contribution in [0, 0.1) is 5.82 Å². The van der Waals surface area contributed by atoms with Crippen LogP contribution in [-0.4, -0.2) is 13.0 Å². The second-order valence-electron chi connectivity index (χ2n) is 2.09. The molecule has 0 saturated carbocycles. The molecule has 1 rings (SSSR count). The molecule has 1 N–H and O–H groups in total. The van der Waals surface area contributed by atoms with Gasteiger partial charge >= 0.3 is 10.4 Å². The number of hydrogen-bond donors (Lipinski definition) is 1. The standard InChI is InChI=1S/C6H4BrFO4S/c7-4-1-2-6(5(8)3-4)12-13(9,10)11/h1-3H,(H,9,10,11). The van der Waals surface area contributed by atoms with Crippen molar-refractivity contribution in [2.24, 2.45) is 0 Å². The summed E-state index contributed by atoms with van der Waals surface area (Å²) in [4.78, 5) is 0. The molecule has 0 amide bonds. The van der Waals surface area contributed by atoms with E-state index in [0.29, 0.717) is 4.47 Å². The zero-order valence-electron chi connectivity index (χ0n) is 6.07. The Hall–Kier alpha value is -0.660. The summed E-state index contributed by atoms with van der Waals surface area (Å²) in [5, 5.41) is 0. The molecule has 7 heteroatoms. The third-order valence-electron chi connectivity index (χ3n) is 1.09. The highest BCUT2D eigenvalue weighted by atomic mass is 79.9. The molecule has 0 atom stereocenters. The second-order valence-corrected chi connectivity index (χ2v) is 4.02. The minimum atomic E-state index is -4.67. The molecule has 0 saturated heterocycles. The van der Waals surface area contributed by atoms with E-state index in [1.165, 1.54) is 6.07 Å². The van der Waals surface area contributed by atoms with Gasteiger partial charge in [0.25, 0.3) is 0 Å². The van der Waals surface area contributed by atoms with Crippen LogP contribution in [0.5, 0.6) is 5.75 Å². The monoisotopic (exact) mass is 270 g/mol. The first-order valence-corrected chi connectivity index (χ1v) is 5.16.